The van der Waals surface area contributed by atoms with E-state index in [-0.39, 0.29) is 0 Å². The van der Waals surface area contributed by atoms with Crippen molar-refractivity contribution < 1.29 is 19.0 Å². The molecule has 0 amide bonds. The van der Waals surface area contributed by atoms with Crippen molar-refractivity contribution >= 4 is 21.9 Å². The third-order valence-electron chi connectivity index (χ3n) is 1.69. The Hall–Kier alpha value is -1.23. The highest BCUT2D eigenvalue weighted by Gasteiger charge is 2.12. The second-order valence-corrected chi connectivity index (χ2v) is 3.53. The number of methoxy groups -OCH3 is 2. The van der Waals surface area contributed by atoms with Crippen LogP contribution in [0, 0.1) is 0 Å². The zero-order valence-corrected chi connectivity index (χ0v) is 10.3. The van der Waals surface area contributed by atoms with Crippen LogP contribution in [0.2, 0.25) is 0 Å². The lowest BCUT2D eigenvalue weighted by molar-refractivity contribution is -0.131. The van der Waals surface area contributed by atoms with Gasteiger partial charge in [0, 0.05) is 19.1 Å². The molecule has 0 unspecified atom stereocenters. The molecule has 0 aromatic heterocycles. The summed E-state index contributed by atoms with van der Waals surface area (Å²) in [5, 5.41) is 0. The minimum absolute atomic E-state index is 0.374. The molecule has 1 aromatic carbocycles. The van der Waals surface area contributed by atoms with Crippen molar-refractivity contribution in [3.8, 4) is 17.2 Å². The molecular weight excluding hydrogens is 264 g/mol. The van der Waals surface area contributed by atoms with Crippen LogP contribution in [-0.4, -0.2) is 20.2 Å². The monoisotopic (exact) mass is 274 g/mol. The molecule has 1 aromatic rings. The molecule has 0 heterocycles. The number of halogens is 1. The average Bonchev–Trinajstić information content (AvgIpc) is 2.20. The van der Waals surface area contributed by atoms with Crippen LogP contribution >= 0.6 is 15.9 Å². The fourth-order valence-electron chi connectivity index (χ4n) is 1.04. The van der Waals surface area contributed by atoms with Gasteiger partial charge in [-0.3, -0.25) is 4.79 Å². The Morgan fingerprint density at radius 3 is 2.27 bits per heavy atom. The van der Waals surface area contributed by atoms with E-state index >= 15 is 0 Å². The summed E-state index contributed by atoms with van der Waals surface area (Å²) in [4.78, 5) is 10.8. The van der Waals surface area contributed by atoms with Gasteiger partial charge >= 0.3 is 5.97 Å². The van der Waals surface area contributed by atoms with Gasteiger partial charge < -0.3 is 14.2 Å². The van der Waals surface area contributed by atoms with E-state index in [1.807, 2.05) is 0 Å². The largest absolute Gasteiger partial charge is 0.496 e. The Morgan fingerprint density at radius 2 is 1.80 bits per heavy atom. The molecule has 0 aliphatic carbocycles. The van der Waals surface area contributed by atoms with Crippen LogP contribution in [0.1, 0.15) is 6.92 Å². The maximum atomic E-state index is 10.8. The Morgan fingerprint density at radius 1 is 1.20 bits per heavy atom. The van der Waals surface area contributed by atoms with E-state index in [2.05, 4.69) is 15.9 Å². The SMILES string of the molecule is COc1cc(OC)c(Br)c(OC(C)=O)c1. The Bertz CT molecular complexity index is 376. The molecular formula is C10H11BrO4. The van der Waals surface area contributed by atoms with E-state index in [0.29, 0.717) is 21.7 Å². The summed E-state index contributed by atoms with van der Waals surface area (Å²) in [5.41, 5.74) is 0. The molecule has 0 fully saturated rings. The summed E-state index contributed by atoms with van der Waals surface area (Å²) in [6.45, 7) is 1.33. The number of carbonyl (C=O) groups excluding carboxylic acids is 1. The quantitative estimate of drug-likeness (QED) is 0.627. The molecule has 0 N–H and O–H groups in total. The number of carbonyl (C=O) groups is 1. The van der Waals surface area contributed by atoms with E-state index in [1.165, 1.54) is 21.1 Å². The second kappa shape index (κ2) is 5.02. The smallest absolute Gasteiger partial charge is 0.308 e. The van der Waals surface area contributed by atoms with Gasteiger partial charge in [0.1, 0.15) is 16.0 Å². The van der Waals surface area contributed by atoms with Crippen molar-refractivity contribution in [3.05, 3.63) is 16.6 Å². The van der Waals surface area contributed by atoms with Gasteiger partial charge in [-0.1, -0.05) is 0 Å². The molecule has 0 radical (unpaired) electrons. The molecule has 0 aliphatic rings. The molecule has 5 heteroatoms. The summed E-state index contributed by atoms with van der Waals surface area (Å²) >= 11 is 3.28. The predicted molar refractivity (Wildman–Crippen MR) is 58.6 cm³/mol. The van der Waals surface area contributed by atoms with Crippen LogP contribution in [0.25, 0.3) is 0 Å². The molecule has 0 bridgehead atoms. The van der Waals surface area contributed by atoms with E-state index in [0.717, 1.165) is 0 Å². The fraction of sp³-hybridized carbons (Fsp3) is 0.300. The first kappa shape index (κ1) is 11.8. The molecule has 82 valence electrons. The zero-order valence-electron chi connectivity index (χ0n) is 8.67. The van der Waals surface area contributed by atoms with Gasteiger partial charge in [-0.05, 0) is 15.9 Å². The molecule has 0 atom stereocenters. The third kappa shape index (κ3) is 2.86. The Labute approximate surface area is 96.3 Å². The van der Waals surface area contributed by atoms with E-state index in [1.54, 1.807) is 12.1 Å². The van der Waals surface area contributed by atoms with Gasteiger partial charge in [0.2, 0.25) is 0 Å². The first-order valence-corrected chi connectivity index (χ1v) is 4.97. The number of benzene rings is 1. The topological polar surface area (TPSA) is 44.8 Å². The molecule has 0 saturated heterocycles. The number of hydrogen-bond donors (Lipinski definition) is 0. The van der Waals surface area contributed by atoms with Crippen molar-refractivity contribution in [3.63, 3.8) is 0 Å². The zero-order chi connectivity index (χ0) is 11.4. The van der Waals surface area contributed by atoms with Crippen molar-refractivity contribution in [2.24, 2.45) is 0 Å². The van der Waals surface area contributed by atoms with Crippen LogP contribution in [0.15, 0.2) is 16.6 Å². The average molecular weight is 275 g/mol. The number of hydrogen-bond acceptors (Lipinski definition) is 4. The van der Waals surface area contributed by atoms with Gasteiger partial charge in [-0.25, -0.2) is 0 Å². The lowest BCUT2D eigenvalue weighted by Crippen LogP contribution is -2.03. The van der Waals surface area contributed by atoms with Gasteiger partial charge in [-0.2, -0.15) is 0 Å². The highest BCUT2D eigenvalue weighted by atomic mass is 79.9. The molecule has 1 rings (SSSR count). The van der Waals surface area contributed by atoms with Crippen LogP contribution in [0.4, 0.5) is 0 Å². The molecule has 0 saturated carbocycles. The van der Waals surface area contributed by atoms with Crippen LogP contribution < -0.4 is 14.2 Å². The summed E-state index contributed by atoms with van der Waals surface area (Å²) in [7, 11) is 3.05. The molecule has 0 spiro atoms. The normalized spacial score (nSPS) is 9.60. The standard InChI is InChI=1S/C10H11BrO4/c1-6(12)15-9-5-7(13-2)4-8(14-3)10(9)11/h4-5H,1-3H3. The molecule has 0 aliphatic heterocycles. The maximum Gasteiger partial charge on any atom is 0.308 e. The number of ether oxygens (including phenoxy) is 3. The summed E-state index contributed by atoms with van der Waals surface area (Å²) in [5.74, 6) is 1.08. The lowest BCUT2D eigenvalue weighted by Gasteiger charge is -2.10. The van der Waals surface area contributed by atoms with Crippen LogP contribution in [-0.2, 0) is 4.79 Å². The fourth-order valence-corrected chi connectivity index (χ4v) is 1.52. The minimum Gasteiger partial charge on any atom is -0.496 e. The Balaban J connectivity index is 3.17. The molecule has 15 heavy (non-hydrogen) atoms. The van der Waals surface area contributed by atoms with Crippen molar-refractivity contribution in [1.82, 2.24) is 0 Å². The van der Waals surface area contributed by atoms with Crippen molar-refractivity contribution in [2.75, 3.05) is 14.2 Å². The van der Waals surface area contributed by atoms with Gasteiger partial charge in [0.15, 0.2) is 5.75 Å². The highest BCUT2D eigenvalue weighted by molar-refractivity contribution is 9.10. The van der Waals surface area contributed by atoms with E-state index < -0.39 is 5.97 Å². The summed E-state index contributed by atoms with van der Waals surface area (Å²) in [6.07, 6.45) is 0. The number of rotatable bonds is 3. The van der Waals surface area contributed by atoms with Crippen molar-refractivity contribution in [1.29, 1.82) is 0 Å². The number of esters is 1. The Kier molecular flexibility index (Phi) is 3.96. The lowest BCUT2D eigenvalue weighted by atomic mass is 10.3. The van der Waals surface area contributed by atoms with Gasteiger partial charge in [0.25, 0.3) is 0 Å². The van der Waals surface area contributed by atoms with E-state index in [4.69, 9.17) is 14.2 Å². The first-order chi connectivity index (χ1) is 7.08. The van der Waals surface area contributed by atoms with Crippen molar-refractivity contribution in [2.45, 2.75) is 6.92 Å². The predicted octanol–water partition coefficient (Wildman–Crippen LogP) is 2.39. The molecule has 4 nitrogen and oxygen atoms in total. The van der Waals surface area contributed by atoms with Crippen LogP contribution in [0.3, 0.4) is 0 Å². The third-order valence-corrected chi connectivity index (χ3v) is 2.47. The van der Waals surface area contributed by atoms with E-state index in [9.17, 15) is 4.79 Å². The van der Waals surface area contributed by atoms with Gasteiger partial charge in [0.05, 0.1) is 14.2 Å². The van der Waals surface area contributed by atoms with Crippen LogP contribution in [0.5, 0.6) is 17.2 Å². The van der Waals surface area contributed by atoms with Gasteiger partial charge in [-0.15, -0.1) is 0 Å². The minimum atomic E-state index is -0.397. The summed E-state index contributed by atoms with van der Waals surface area (Å²) < 4.78 is 15.7. The first-order valence-electron chi connectivity index (χ1n) is 4.18. The second-order valence-electron chi connectivity index (χ2n) is 2.74. The highest BCUT2D eigenvalue weighted by Crippen LogP contribution is 2.38. The summed E-state index contributed by atoms with van der Waals surface area (Å²) in [6, 6.07) is 3.30. The maximum absolute atomic E-state index is 10.8.